The van der Waals surface area contributed by atoms with E-state index >= 15 is 0 Å². The molecule has 1 aromatic carbocycles. The number of rotatable bonds is 2. The van der Waals surface area contributed by atoms with E-state index in [-0.39, 0.29) is 5.75 Å². The van der Waals surface area contributed by atoms with Crippen LogP contribution in [0.2, 0.25) is 5.02 Å². The molecule has 0 spiro atoms. The van der Waals surface area contributed by atoms with Gasteiger partial charge in [-0.3, -0.25) is 0 Å². The summed E-state index contributed by atoms with van der Waals surface area (Å²) < 4.78 is 1.40. The molecule has 0 fully saturated rings. The van der Waals surface area contributed by atoms with E-state index in [1.54, 1.807) is 23.5 Å². The van der Waals surface area contributed by atoms with Crippen LogP contribution in [0.5, 0.6) is 5.75 Å². The number of fused-ring (bicyclic) bond motifs is 1. The van der Waals surface area contributed by atoms with Crippen molar-refractivity contribution in [3.8, 4) is 5.75 Å². The van der Waals surface area contributed by atoms with Gasteiger partial charge in [0.05, 0.1) is 15.3 Å². The topological polar surface area (TPSA) is 32.3 Å². The highest BCUT2D eigenvalue weighted by molar-refractivity contribution is 8.01. The average molecular weight is 312 g/mol. The number of benzene rings is 1. The van der Waals surface area contributed by atoms with Crippen LogP contribution in [0.1, 0.15) is 24.9 Å². The van der Waals surface area contributed by atoms with Gasteiger partial charge < -0.3 is 10.4 Å². The van der Waals surface area contributed by atoms with E-state index in [1.165, 1.54) is 9.77 Å². The van der Waals surface area contributed by atoms with Crippen LogP contribution < -0.4 is 5.32 Å². The molecule has 1 aromatic heterocycles. The Morgan fingerprint density at radius 3 is 3.00 bits per heavy atom. The van der Waals surface area contributed by atoms with Gasteiger partial charge in [0, 0.05) is 10.9 Å². The summed E-state index contributed by atoms with van der Waals surface area (Å²) in [6.07, 6.45) is 1.09. The van der Waals surface area contributed by atoms with Crippen molar-refractivity contribution in [1.29, 1.82) is 0 Å². The third kappa shape index (κ3) is 2.71. The molecule has 2 nitrogen and oxygen atoms in total. The van der Waals surface area contributed by atoms with Crippen LogP contribution in [0.4, 0.5) is 5.69 Å². The van der Waals surface area contributed by atoms with Crippen molar-refractivity contribution in [2.24, 2.45) is 0 Å². The van der Waals surface area contributed by atoms with Crippen LogP contribution in [-0.2, 0) is 0 Å². The Balaban J connectivity index is 1.86. The average Bonchev–Trinajstić information content (AvgIpc) is 2.82. The Bertz CT molecular complexity index is 599. The summed E-state index contributed by atoms with van der Waals surface area (Å²) in [5.41, 5.74) is 2.32. The normalized spacial score (nSPS) is 22.0. The first-order valence-electron chi connectivity index (χ1n) is 6.12. The minimum atomic E-state index is 0.121. The Hall–Kier alpha value is -0.840. The molecule has 0 bridgehead atoms. The van der Waals surface area contributed by atoms with Gasteiger partial charge in [0.15, 0.2) is 0 Å². The number of thiophene rings is 1. The molecule has 3 rings (SSSR count). The van der Waals surface area contributed by atoms with Gasteiger partial charge in [-0.25, -0.2) is 0 Å². The maximum Gasteiger partial charge on any atom is 0.134 e. The molecule has 100 valence electrons. The maximum atomic E-state index is 9.45. The molecule has 5 heteroatoms. The molecule has 2 N–H and O–H groups in total. The standard InChI is InChI=1S/C14H14ClNOS2/c1-8-6-12(10-4-5-18-14(10)19-8)16-9-2-3-13(17)11(15)7-9/h2-5,7-8,12,16-17H,6H2,1H3/t8-,12?/m0/s1. The van der Waals surface area contributed by atoms with Crippen molar-refractivity contribution in [2.45, 2.75) is 28.8 Å². The number of phenols is 1. The molecule has 19 heavy (non-hydrogen) atoms. The lowest BCUT2D eigenvalue weighted by atomic mass is 10.0. The predicted octanol–water partition coefficient (Wildman–Crippen LogP) is 5.14. The van der Waals surface area contributed by atoms with E-state index in [1.807, 2.05) is 17.8 Å². The van der Waals surface area contributed by atoms with E-state index in [0.717, 1.165) is 12.1 Å². The Morgan fingerprint density at radius 1 is 1.37 bits per heavy atom. The smallest absolute Gasteiger partial charge is 0.134 e. The second kappa shape index (κ2) is 5.27. The van der Waals surface area contributed by atoms with Crippen molar-refractivity contribution in [3.63, 3.8) is 0 Å². The number of halogens is 1. The molecular weight excluding hydrogens is 298 g/mol. The summed E-state index contributed by atoms with van der Waals surface area (Å²) in [5.74, 6) is 0.121. The zero-order valence-corrected chi connectivity index (χ0v) is 12.8. The van der Waals surface area contributed by atoms with Crippen LogP contribution >= 0.6 is 34.7 Å². The molecule has 0 radical (unpaired) electrons. The molecule has 2 aromatic rings. The van der Waals surface area contributed by atoms with Crippen molar-refractivity contribution < 1.29 is 5.11 Å². The molecule has 1 aliphatic heterocycles. The zero-order chi connectivity index (χ0) is 13.4. The lowest BCUT2D eigenvalue weighted by Crippen LogP contribution is -2.18. The van der Waals surface area contributed by atoms with Crippen LogP contribution in [-0.4, -0.2) is 10.4 Å². The SMILES string of the molecule is C[C@H]1CC(Nc2ccc(O)c(Cl)c2)c2ccsc2S1. The fourth-order valence-corrected chi connectivity index (χ4v) is 5.03. The summed E-state index contributed by atoms with van der Waals surface area (Å²) in [6, 6.07) is 7.77. The van der Waals surface area contributed by atoms with E-state index in [2.05, 4.69) is 23.7 Å². The molecule has 2 atom stereocenters. The van der Waals surface area contributed by atoms with Gasteiger partial charge >= 0.3 is 0 Å². The summed E-state index contributed by atoms with van der Waals surface area (Å²) in [5, 5.41) is 16.1. The first-order chi connectivity index (χ1) is 9.13. The van der Waals surface area contributed by atoms with Gasteiger partial charge in [-0.15, -0.1) is 23.1 Å². The van der Waals surface area contributed by atoms with E-state index in [9.17, 15) is 5.11 Å². The third-order valence-corrected chi connectivity index (χ3v) is 5.84. The van der Waals surface area contributed by atoms with E-state index in [4.69, 9.17) is 11.6 Å². The number of nitrogens with one attached hydrogen (secondary N) is 1. The number of hydrogen-bond donors (Lipinski definition) is 2. The molecule has 0 saturated carbocycles. The molecule has 0 aliphatic carbocycles. The predicted molar refractivity (Wildman–Crippen MR) is 83.7 cm³/mol. The van der Waals surface area contributed by atoms with Gasteiger partial charge in [-0.2, -0.15) is 0 Å². The summed E-state index contributed by atoms with van der Waals surface area (Å²) >= 11 is 9.70. The fourth-order valence-electron chi connectivity index (χ4n) is 2.28. The fraction of sp³-hybridized carbons (Fsp3) is 0.286. The van der Waals surface area contributed by atoms with E-state index < -0.39 is 0 Å². The Morgan fingerprint density at radius 2 is 2.21 bits per heavy atom. The third-order valence-electron chi connectivity index (χ3n) is 3.20. The number of aromatic hydroxyl groups is 1. The molecule has 1 unspecified atom stereocenters. The lowest BCUT2D eigenvalue weighted by Gasteiger charge is -2.28. The number of thioether (sulfide) groups is 1. The second-order valence-electron chi connectivity index (χ2n) is 4.69. The summed E-state index contributed by atoms with van der Waals surface area (Å²) in [4.78, 5) is 0. The minimum absolute atomic E-state index is 0.121. The highest BCUT2D eigenvalue weighted by Crippen LogP contribution is 2.45. The largest absolute Gasteiger partial charge is 0.506 e. The number of phenolic OH excluding ortho intramolecular Hbond substituents is 1. The van der Waals surface area contributed by atoms with Gasteiger partial charge in [0.2, 0.25) is 0 Å². The highest BCUT2D eigenvalue weighted by Gasteiger charge is 2.26. The van der Waals surface area contributed by atoms with Crippen LogP contribution in [0.15, 0.2) is 33.9 Å². The summed E-state index contributed by atoms with van der Waals surface area (Å²) in [6.45, 7) is 2.26. The monoisotopic (exact) mass is 311 g/mol. The number of hydrogen-bond acceptors (Lipinski definition) is 4. The molecule has 0 amide bonds. The zero-order valence-electron chi connectivity index (χ0n) is 10.4. The van der Waals surface area contributed by atoms with Gasteiger partial charge in [0.1, 0.15) is 5.75 Å². The van der Waals surface area contributed by atoms with Crippen LogP contribution in [0, 0.1) is 0 Å². The van der Waals surface area contributed by atoms with Crippen molar-refractivity contribution >= 4 is 40.4 Å². The van der Waals surface area contributed by atoms with Crippen molar-refractivity contribution in [2.75, 3.05) is 5.32 Å². The maximum absolute atomic E-state index is 9.45. The van der Waals surface area contributed by atoms with Crippen molar-refractivity contribution in [3.05, 3.63) is 40.2 Å². The van der Waals surface area contributed by atoms with Gasteiger partial charge in [0.25, 0.3) is 0 Å². The summed E-state index contributed by atoms with van der Waals surface area (Å²) in [7, 11) is 0. The van der Waals surface area contributed by atoms with Gasteiger partial charge in [-0.1, -0.05) is 18.5 Å². The van der Waals surface area contributed by atoms with Gasteiger partial charge in [-0.05, 0) is 41.6 Å². The quantitative estimate of drug-likeness (QED) is 0.753. The minimum Gasteiger partial charge on any atom is -0.506 e. The Labute approximate surface area is 125 Å². The highest BCUT2D eigenvalue weighted by atomic mass is 35.5. The first-order valence-corrected chi connectivity index (χ1v) is 8.26. The number of anilines is 1. The molecule has 1 aliphatic rings. The van der Waals surface area contributed by atoms with Crippen LogP contribution in [0.25, 0.3) is 0 Å². The second-order valence-corrected chi connectivity index (χ2v) is 7.72. The lowest BCUT2D eigenvalue weighted by molar-refractivity contribution is 0.475. The van der Waals surface area contributed by atoms with E-state index in [0.29, 0.717) is 16.3 Å². The molecule has 0 saturated heterocycles. The Kier molecular flexibility index (Phi) is 3.65. The van der Waals surface area contributed by atoms with Crippen LogP contribution in [0.3, 0.4) is 0 Å². The van der Waals surface area contributed by atoms with Crippen molar-refractivity contribution in [1.82, 2.24) is 0 Å². The molecule has 2 heterocycles. The first kappa shape index (κ1) is 13.2. The molecular formula is C14H14ClNOS2.